The molecule has 0 bridgehead atoms. The minimum atomic E-state index is -0.494. The van der Waals surface area contributed by atoms with Crippen LogP contribution in [0.25, 0.3) is 0 Å². The van der Waals surface area contributed by atoms with Gasteiger partial charge in [0.25, 0.3) is 5.91 Å². The van der Waals surface area contributed by atoms with Gasteiger partial charge in [0.15, 0.2) is 5.82 Å². The van der Waals surface area contributed by atoms with Crippen molar-refractivity contribution in [2.45, 2.75) is 0 Å². The van der Waals surface area contributed by atoms with Crippen molar-refractivity contribution in [3.8, 4) is 5.88 Å². The number of carbonyl (C=O) groups is 1. The molecule has 0 aliphatic carbocycles. The second kappa shape index (κ2) is 5.40. The number of halogens is 2. The van der Waals surface area contributed by atoms with Crippen LogP contribution in [-0.4, -0.2) is 22.8 Å². The quantitative estimate of drug-likeness (QED) is 0.942. The van der Waals surface area contributed by atoms with Gasteiger partial charge < -0.3 is 10.1 Å². The molecule has 0 aliphatic heterocycles. The number of nitrogens with zero attached hydrogens (tertiary/aromatic N) is 2. The first kappa shape index (κ1) is 13.5. The zero-order valence-corrected chi connectivity index (χ0v) is 11.9. The summed E-state index contributed by atoms with van der Waals surface area (Å²) in [6.07, 6.45) is 0. The highest BCUT2D eigenvalue weighted by molar-refractivity contribution is 9.10. The van der Waals surface area contributed by atoms with Crippen molar-refractivity contribution in [3.63, 3.8) is 0 Å². The van der Waals surface area contributed by atoms with Crippen molar-refractivity contribution in [2.75, 3.05) is 12.4 Å². The summed E-state index contributed by atoms with van der Waals surface area (Å²) in [7, 11) is 3.19. The summed E-state index contributed by atoms with van der Waals surface area (Å²) >= 11 is 3.04. The molecule has 7 heteroatoms. The maximum atomic E-state index is 13.3. The molecule has 5 nitrogen and oxygen atoms in total. The number of hydrogen-bond donors (Lipinski definition) is 1. The second-order valence-corrected chi connectivity index (χ2v) is 4.54. The van der Waals surface area contributed by atoms with E-state index in [2.05, 4.69) is 26.3 Å². The standard InChI is InChI=1S/C12H11BrFN3O2/c1-17-10(19-2)6-9(16-17)15-12(18)7-4-3-5-8(14)11(7)13/h3-6H,1-2H3,(H,15,16,18). The molecule has 0 radical (unpaired) electrons. The van der Waals surface area contributed by atoms with Gasteiger partial charge in [-0.1, -0.05) is 6.07 Å². The van der Waals surface area contributed by atoms with Gasteiger partial charge in [-0.25, -0.2) is 9.07 Å². The topological polar surface area (TPSA) is 56.1 Å². The van der Waals surface area contributed by atoms with E-state index in [1.54, 1.807) is 13.1 Å². The molecule has 100 valence electrons. The lowest BCUT2D eigenvalue weighted by Crippen LogP contribution is -2.13. The van der Waals surface area contributed by atoms with Crippen LogP contribution in [0.15, 0.2) is 28.7 Å². The van der Waals surface area contributed by atoms with Crippen LogP contribution in [0.1, 0.15) is 10.4 Å². The third-order valence-electron chi connectivity index (χ3n) is 2.48. The minimum absolute atomic E-state index is 0.121. The number of nitrogens with one attached hydrogen (secondary N) is 1. The predicted octanol–water partition coefficient (Wildman–Crippen LogP) is 2.58. The molecule has 0 saturated heterocycles. The van der Waals surface area contributed by atoms with E-state index < -0.39 is 11.7 Å². The van der Waals surface area contributed by atoms with Crippen molar-refractivity contribution in [1.29, 1.82) is 0 Å². The summed E-state index contributed by atoms with van der Waals surface area (Å²) < 4.78 is 20.0. The summed E-state index contributed by atoms with van der Waals surface area (Å²) in [6.45, 7) is 0. The number of anilines is 1. The summed E-state index contributed by atoms with van der Waals surface area (Å²) in [6, 6.07) is 5.83. The van der Waals surface area contributed by atoms with Gasteiger partial charge in [0.1, 0.15) is 5.82 Å². The number of aromatic nitrogens is 2. The smallest absolute Gasteiger partial charge is 0.258 e. The SMILES string of the molecule is COc1cc(NC(=O)c2cccc(F)c2Br)nn1C. The summed E-state index contributed by atoms with van der Waals surface area (Å²) in [5, 5.41) is 6.62. The molecule has 1 amide bonds. The highest BCUT2D eigenvalue weighted by Gasteiger charge is 2.15. The molecule has 0 fully saturated rings. The summed E-state index contributed by atoms with van der Waals surface area (Å²) in [5.74, 6) is -0.104. The van der Waals surface area contributed by atoms with Gasteiger partial charge in [-0.3, -0.25) is 4.79 Å². The third kappa shape index (κ3) is 2.76. The molecule has 0 atom stereocenters. The fraction of sp³-hybridized carbons (Fsp3) is 0.167. The Morgan fingerprint density at radius 2 is 2.26 bits per heavy atom. The molecule has 19 heavy (non-hydrogen) atoms. The van der Waals surface area contributed by atoms with Crippen LogP contribution >= 0.6 is 15.9 Å². The highest BCUT2D eigenvalue weighted by atomic mass is 79.9. The lowest BCUT2D eigenvalue weighted by molar-refractivity contribution is 0.102. The molecule has 1 aromatic carbocycles. The fourth-order valence-corrected chi connectivity index (χ4v) is 2.01. The zero-order chi connectivity index (χ0) is 14.0. The molecule has 1 N–H and O–H groups in total. The van der Waals surface area contributed by atoms with Gasteiger partial charge >= 0.3 is 0 Å². The highest BCUT2D eigenvalue weighted by Crippen LogP contribution is 2.22. The average molecular weight is 328 g/mol. The number of amides is 1. The lowest BCUT2D eigenvalue weighted by atomic mass is 10.2. The van der Waals surface area contributed by atoms with Gasteiger partial charge in [-0.2, -0.15) is 5.10 Å². The van der Waals surface area contributed by atoms with Crippen LogP contribution in [0.5, 0.6) is 5.88 Å². The van der Waals surface area contributed by atoms with Crippen LogP contribution in [0.4, 0.5) is 10.2 Å². The van der Waals surface area contributed by atoms with Gasteiger partial charge in [0.2, 0.25) is 5.88 Å². The van der Waals surface area contributed by atoms with E-state index in [0.717, 1.165) is 0 Å². The first-order valence-corrected chi connectivity index (χ1v) is 6.15. The number of rotatable bonds is 3. The normalized spacial score (nSPS) is 10.3. The van der Waals surface area contributed by atoms with E-state index in [1.807, 2.05) is 0 Å². The van der Waals surface area contributed by atoms with Crippen LogP contribution in [0.3, 0.4) is 0 Å². The maximum Gasteiger partial charge on any atom is 0.258 e. The van der Waals surface area contributed by atoms with Gasteiger partial charge in [-0.15, -0.1) is 0 Å². The number of hydrogen-bond acceptors (Lipinski definition) is 3. The lowest BCUT2D eigenvalue weighted by Gasteiger charge is -2.04. The van der Waals surface area contributed by atoms with Crippen LogP contribution in [-0.2, 0) is 7.05 Å². The molecule has 0 unspecified atom stereocenters. The van der Waals surface area contributed by atoms with Gasteiger partial charge in [0, 0.05) is 13.1 Å². The first-order chi connectivity index (χ1) is 9.02. The third-order valence-corrected chi connectivity index (χ3v) is 3.29. The zero-order valence-electron chi connectivity index (χ0n) is 10.3. The summed E-state index contributed by atoms with van der Waals surface area (Å²) in [5.41, 5.74) is 0.199. The van der Waals surface area contributed by atoms with E-state index in [0.29, 0.717) is 11.7 Å². The van der Waals surface area contributed by atoms with E-state index in [9.17, 15) is 9.18 Å². The number of ether oxygens (including phenoxy) is 1. The maximum absolute atomic E-state index is 13.3. The Morgan fingerprint density at radius 1 is 1.53 bits per heavy atom. The first-order valence-electron chi connectivity index (χ1n) is 5.36. The summed E-state index contributed by atoms with van der Waals surface area (Å²) in [4.78, 5) is 12.0. The molecule has 0 saturated carbocycles. The molecule has 2 rings (SSSR count). The molecule has 0 aliphatic rings. The second-order valence-electron chi connectivity index (χ2n) is 3.75. The Morgan fingerprint density at radius 3 is 2.89 bits per heavy atom. The Balaban J connectivity index is 2.23. The van der Waals surface area contributed by atoms with Crippen molar-refractivity contribution in [3.05, 3.63) is 40.1 Å². The van der Waals surface area contributed by atoms with E-state index >= 15 is 0 Å². The molecule has 1 heterocycles. The Kier molecular flexibility index (Phi) is 3.84. The van der Waals surface area contributed by atoms with Crippen molar-refractivity contribution in [2.24, 2.45) is 7.05 Å². The molecule has 1 aromatic heterocycles. The number of aryl methyl sites for hydroxylation is 1. The molecular formula is C12H11BrFN3O2. The Labute approximate surface area is 117 Å². The minimum Gasteiger partial charge on any atom is -0.481 e. The fourth-order valence-electron chi connectivity index (χ4n) is 1.57. The van der Waals surface area contributed by atoms with Crippen molar-refractivity contribution < 1.29 is 13.9 Å². The van der Waals surface area contributed by atoms with Crippen molar-refractivity contribution >= 4 is 27.7 Å². The Bertz CT molecular complexity index is 627. The van der Waals surface area contributed by atoms with Gasteiger partial charge in [-0.05, 0) is 28.1 Å². The molecule has 0 spiro atoms. The largest absolute Gasteiger partial charge is 0.481 e. The monoisotopic (exact) mass is 327 g/mol. The number of carbonyl (C=O) groups excluding carboxylic acids is 1. The number of methoxy groups -OCH3 is 1. The average Bonchev–Trinajstić information content (AvgIpc) is 2.72. The van der Waals surface area contributed by atoms with Crippen LogP contribution < -0.4 is 10.1 Å². The number of benzene rings is 1. The predicted molar refractivity (Wildman–Crippen MR) is 71.8 cm³/mol. The van der Waals surface area contributed by atoms with E-state index in [-0.39, 0.29) is 10.0 Å². The van der Waals surface area contributed by atoms with E-state index in [1.165, 1.54) is 30.0 Å². The van der Waals surface area contributed by atoms with Crippen LogP contribution in [0.2, 0.25) is 0 Å². The Hall–Kier alpha value is -1.89. The molecule has 2 aromatic rings. The van der Waals surface area contributed by atoms with Crippen molar-refractivity contribution in [1.82, 2.24) is 9.78 Å². The molecular weight excluding hydrogens is 317 g/mol. The van der Waals surface area contributed by atoms with E-state index in [4.69, 9.17) is 4.74 Å². The van der Waals surface area contributed by atoms with Crippen LogP contribution in [0, 0.1) is 5.82 Å². The van der Waals surface area contributed by atoms with Gasteiger partial charge in [0.05, 0.1) is 17.1 Å².